The summed E-state index contributed by atoms with van der Waals surface area (Å²) >= 11 is 0. The molecule has 2 aliphatic rings. The topological polar surface area (TPSA) is 71.1 Å². The van der Waals surface area contributed by atoms with Crippen LogP contribution in [0.1, 0.15) is 19.3 Å². The molecular formula is C23H24F3N3O4. The summed E-state index contributed by atoms with van der Waals surface area (Å²) in [5.74, 6) is -0.308. The highest BCUT2D eigenvalue weighted by Crippen LogP contribution is 2.33. The minimum Gasteiger partial charge on any atom is -0.477 e. The molecule has 0 saturated carbocycles. The van der Waals surface area contributed by atoms with Gasteiger partial charge in [0.25, 0.3) is 5.91 Å². The van der Waals surface area contributed by atoms with E-state index in [0.29, 0.717) is 30.2 Å². The van der Waals surface area contributed by atoms with E-state index in [9.17, 15) is 22.8 Å². The average molecular weight is 463 g/mol. The van der Waals surface area contributed by atoms with Crippen LogP contribution in [0.5, 0.6) is 11.5 Å². The van der Waals surface area contributed by atoms with E-state index in [-0.39, 0.29) is 30.7 Å². The van der Waals surface area contributed by atoms with Gasteiger partial charge in [-0.1, -0.05) is 12.1 Å². The van der Waals surface area contributed by atoms with Gasteiger partial charge in [-0.2, -0.15) is 0 Å². The fourth-order valence-corrected chi connectivity index (χ4v) is 4.02. The maximum atomic E-state index is 13.0. The molecule has 0 spiro atoms. The number of nitrogens with zero attached hydrogens (tertiary/aromatic N) is 2. The maximum Gasteiger partial charge on any atom is 0.573 e. The van der Waals surface area contributed by atoms with Crippen molar-refractivity contribution < 1.29 is 32.2 Å². The fourth-order valence-electron chi connectivity index (χ4n) is 4.02. The Kier molecular flexibility index (Phi) is 6.62. The Bertz CT molecular complexity index is 991. The van der Waals surface area contributed by atoms with Gasteiger partial charge >= 0.3 is 6.36 Å². The van der Waals surface area contributed by atoms with Crippen molar-refractivity contribution in [2.24, 2.45) is 0 Å². The third-order valence-corrected chi connectivity index (χ3v) is 5.51. The van der Waals surface area contributed by atoms with Gasteiger partial charge in [0.15, 0.2) is 6.10 Å². The number of fused-ring (bicyclic) bond motifs is 1. The first kappa shape index (κ1) is 22.8. The van der Waals surface area contributed by atoms with Crippen LogP contribution >= 0.6 is 0 Å². The Hall–Kier alpha value is -3.43. The normalized spacial score (nSPS) is 18.2. The molecule has 7 nitrogen and oxygen atoms in total. The lowest BCUT2D eigenvalue weighted by Crippen LogP contribution is -2.52. The molecule has 1 N–H and O–H groups in total. The summed E-state index contributed by atoms with van der Waals surface area (Å²) in [6.07, 6.45) is -2.46. The number of likely N-dealkylation sites (tertiary alicyclic amines) is 1. The molecule has 2 aromatic carbocycles. The molecule has 2 amide bonds. The van der Waals surface area contributed by atoms with Crippen molar-refractivity contribution in [1.29, 1.82) is 0 Å². The summed E-state index contributed by atoms with van der Waals surface area (Å²) in [5.41, 5.74) is 1.03. The number of piperidine rings is 1. The molecule has 4 rings (SSSR count). The first-order chi connectivity index (χ1) is 15.8. The van der Waals surface area contributed by atoms with E-state index in [2.05, 4.69) is 10.1 Å². The molecule has 1 fully saturated rings. The Labute approximate surface area is 189 Å². The van der Waals surface area contributed by atoms with E-state index < -0.39 is 12.5 Å². The minimum absolute atomic E-state index is 0.0506. The Morgan fingerprint density at radius 1 is 1.03 bits per heavy atom. The zero-order valence-electron chi connectivity index (χ0n) is 17.8. The zero-order valence-corrected chi connectivity index (χ0v) is 17.8. The number of nitrogens with one attached hydrogen (secondary N) is 1. The van der Waals surface area contributed by atoms with Crippen LogP contribution in [0, 0.1) is 0 Å². The lowest BCUT2D eigenvalue weighted by molar-refractivity contribution is -0.274. The summed E-state index contributed by atoms with van der Waals surface area (Å²) in [5, 5.41) is 2.66. The minimum atomic E-state index is -4.78. The number of carbonyl (C=O) groups excluding carboxylic acids is 2. The molecule has 33 heavy (non-hydrogen) atoms. The third kappa shape index (κ3) is 5.88. The summed E-state index contributed by atoms with van der Waals surface area (Å²) < 4.78 is 46.7. The molecule has 2 aromatic rings. The van der Waals surface area contributed by atoms with Crippen LogP contribution in [-0.2, 0) is 9.59 Å². The highest BCUT2D eigenvalue weighted by Gasteiger charge is 2.34. The monoisotopic (exact) mass is 463 g/mol. The van der Waals surface area contributed by atoms with Gasteiger partial charge in [-0.25, -0.2) is 0 Å². The van der Waals surface area contributed by atoms with Gasteiger partial charge in [0.2, 0.25) is 5.91 Å². The molecule has 0 bridgehead atoms. The number of para-hydroxylation sites is 2. The number of rotatable bonds is 5. The van der Waals surface area contributed by atoms with E-state index in [1.807, 2.05) is 17.0 Å². The SMILES string of the molecule is O=C(CN1CC(C(=O)N2CCCCC2)Oc2ccccc21)Nc1ccc(OC(F)(F)F)cc1. The number of amides is 2. The predicted molar refractivity (Wildman–Crippen MR) is 115 cm³/mol. The lowest BCUT2D eigenvalue weighted by Gasteiger charge is -2.38. The quantitative estimate of drug-likeness (QED) is 0.731. The fraction of sp³-hybridized carbons (Fsp3) is 0.391. The van der Waals surface area contributed by atoms with E-state index in [0.717, 1.165) is 31.4 Å². The maximum absolute atomic E-state index is 13.0. The van der Waals surface area contributed by atoms with Crippen LogP contribution in [0.25, 0.3) is 0 Å². The summed E-state index contributed by atoms with van der Waals surface area (Å²) in [6, 6.07) is 12.1. The highest BCUT2D eigenvalue weighted by atomic mass is 19.4. The van der Waals surface area contributed by atoms with Crippen molar-refractivity contribution in [2.45, 2.75) is 31.7 Å². The van der Waals surface area contributed by atoms with Crippen molar-refractivity contribution >= 4 is 23.2 Å². The highest BCUT2D eigenvalue weighted by molar-refractivity contribution is 5.95. The smallest absolute Gasteiger partial charge is 0.477 e. The first-order valence-electron chi connectivity index (χ1n) is 10.7. The van der Waals surface area contributed by atoms with Crippen LogP contribution in [0.2, 0.25) is 0 Å². The van der Waals surface area contributed by atoms with Crippen LogP contribution in [0.15, 0.2) is 48.5 Å². The molecule has 1 saturated heterocycles. The summed E-state index contributed by atoms with van der Waals surface area (Å²) in [6.45, 7) is 1.58. The van der Waals surface area contributed by atoms with E-state index in [1.165, 1.54) is 12.1 Å². The standard InChI is InChI=1S/C23H24F3N3O4/c24-23(25,26)33-17-10-8-16(9-11-17)27-21(30)15-29-14-20(22(31)28-12-4-1-5-13-28)32-19-7-3-2-6-18(19)29/h2-3,6-11,20H,1,4-5,12-15H2,(H,27,30). The number of hydrogen-bond donors (Lipinski definition) is 1. The van der Waals surface area contributed by atoms with Crippen LogP contribution in [-0.4, -0.2) is 55.4 Å². The number of benzene rings is 2. The second-order valence-electron chi connectivity index (χ2n) is 7.96. The molecule has 176 valence electrons. The average Bonchev–Trinajstić information content (AvgIpc) is 2.79. The van der Waals surface area contributed by atoms with Crippen LogP contribution in [0.3, 0.4) is 0 Å². The molecule has 2 heterocycles. The van der Waals surface area contributed by atoms with E-state index >= 15 is 0 Å². The Balaban J connectivity index is 1.42. The number of anilines is 2. The summed E-state index contributed by atoms with van der Waals surface area (Å²) in [4.78, 5) is 29.3. The van der Waals surface area contributed by atoms with Gasteiger partial charge in [-0.3, -0.25) is 9.59 Å². The lowest BCUT2D eigenvalue weighted by atomic mass is 10.1. The van der Waals surface area contributed by atoms with Gasteiger partial charge < -0.3 is 24.6 Å². The number of halogens is 3. The number of alkyl halides is 3. The van der Waals surface area contributed by atoms with Crippen molar-refractivity contribution in [3.8, 4) is 11.5 Å². The Morgan fingerprint density at radius 2 is 1.73 bits per heavy atom. The number of ether oxygens (including phenoxy) is 2. The van der Waals surface area contributed by atoms with Crippen molar-refractivity contribution in [3.05, 3.63) is 48.5 Å². The Morgan fingerprint density at radius 3 is 2.42 bits per heavy atom. The van der Waals surface area contributed by atoms with Gasteiger partial charge in [0.05, 0.1) is 18.8 Å². The van der Waals surface area contributed by atoms with Gasteiger partial charge in [0.1, 0.15) is 11.5 Å². The van der Waals surface area contributed by atoms with Gasteiger partial charge in [0, 0.05) is 18.8 Å². The molecular weight excluding hydrogens is 439 g/mol. The second kappa shape index (κ2) is 9.60. The molecule has 0 radical (unpaired) electrons. The molecule has 10 heteroatoms. The first-order valence-corrected chi connectivity index (χ1v) is 10.7. The molecule has 0 aromatic heterocycles. The zero-order chi connectivity index (χ0) is 23.4. The summed E-state index contributed by atoms with van der Waals surface area (Å²) in [7, 11) is 0. The molecule has 2 aliphatic heterocycles. The van der Waals surface area contributed by atoms with Crippen molar-refractivity contribution in [2.75, 3.05) is 36.4 Å². The number of carbonyl (C=O) groups is 2. The van der Waals surface area contributed by atoms with Crippen molar-refractivity contribution in [1.82, 2.24) is 4.90 Å². The largest absolute Gasteiger partial charge is 0.573 e. The van der Waals surface area contributed by atoms with Gasteiger partial charge in [-0.05, 0) is 55.7 Å². The van der Waals surface area contributed by atoms with Crippen LogP contribution in [0.4, 0.5) is 24.5 Å². The van der Waals surface area contributed by atoms with Crippen LogP contribution < -0.4 is 19.7 Å². The second-order valence-corrected chi connectivity index (χ2v) is 7.96. The van der Waals surface area contributed by atoms with Crippen molar-refractivity contribution in [3.63, 3.8) is 0 Å². The predicted octanol–water partition coefficient (Wildman–Crippen LogP) is 3.80. The molecule has 1 atom stereocenters. The molecule has 1 unspecified atom stereocenters. The number of hydrogen-bond acceptors (Lipinski definition) is 5. The van der Waals surface area contributed by atoms with E-state index in [1.54, 1.807) is 17.0 Å². The van der Waals surface area contributed by atoms with E-state index in [4.69, 9.17) is 4.74 Å². The van der Waals surface area contributed by atoms with Gasteiger partial charge in [-0.15, -0.1) is 13.2 Å². The third-order valence-electron chi connectivity index (χ3n) is 5.51. The molecule has 0 aliphatic carbocycles.